The second-order valence-corrected chi connectivity index (χ2v) is 4.99. The number of nitrogens with zero attached hydrogens (tertiary/aromatic N) is 2. The van der Waals surface area contributed by atoms with Crippen LogP contribution in [0.15, 0.2) is 0 Å². The highest BCUT2D eigenvalue weighted by Crippen LogP contribution is 2.27. The Bertz CT molecular complexity index is 302. The van der Waals surface area contributed by atoms with Crippen molar-refractivity contribution in [3.63, 3.8) is 0 Å². The maximum Gasteiger partial charge on any atom is 0.238 e. The van der Waals surface area contributed by atoms with Gasteiger partial charge in [0, 0.05) is 0 Å². The Labute approximate surface area is 104 Å². The summed E-state index contributed by atoms with van der Waals surface area (Å²) in [6.45, 7) is 4.73. The molecule has 0 aromatic rings. The molecule has 0 spiro atoms. The normalized spacial score (nSPS) is 20.6. The van der Waals surface area contributed by atoms with E-state index in [0.717, 1.165) is 32.2 Å². The molecule has 96 valence electrons. The van der Waals surface area contributed by atoms with Crippen LogP contribution in [-0.4, -0.2) is 36.0 Å². The van der Waals surface area contributed by atoms with Crippen molar-refractivity contribution in [1.29, 1.82) is 5.26 Å². The van der Waals surface area contributed by atoms with Gasteiger partial charge in [-0.2, -0.15) is 5.26 Å². The SMILES string of the molecule is CCN(C)C(C)C(=O)NC1(C#N)CCCCC1. The Kier molecular flexibility index (Phi) is 4.95. The average Bonchev–Trinajstić information content (AvgIpc) is 2.37. The minimum absolute atomic E-state index is 0.0298. The van der Waals surface area contributed by atoms with Crippen molar-refractivity contribution in [3.8, 4) is 6.07 Å². The van der Waals surface area contributed by atoms with Crippen molar-refractivity contribution in [3.05, 3.63) is 0 Å². The lowest BCUT2D eigenvalue weighted by molar-refractivity contribution is -0.127. The Morgan fingerprint density at radius 1 is 1.47 bits per heavy atom. The third kappa shape index (κ3) is 3.44. The van der Waals surface area contributed by atoms with Crippen LogP contribution in [0.4, 0.5) is 0 Å². The van der Waals surface area contributed by atoms with Crippen LogP contribution in [0.25, 0.3) is 0 Å². The van der Waals surface area contributed by atoms with Gasteiger partial charge in [0.15, 0.2) is 0 Å². The minimum Gasteiger partial charge on any atom is -0.336 e. The standard InChI is InChI=1S/C13H23N3O/c1-4-16(3)11(2)12(17)15-13(10-14)8-6-5-7-9-13/h11H,4-9H2,1-3H3,(H,15,17). The highest BCUT2D eigenvalue weighted by Gasteiger charge is 2.35. The van der Waals surface area contributed by atoms with E-state index in [0.29, 0.717) is 0 Å². The van der Waals surface area contributed by atoms with Gasteiger partial charge in [0.1, 0.15) is 5.54 Å². The molecule has 1 saturated carbocycles. The summed E-state index contributed by atoms with van der Waals surface area (Å²) in [5.41, 5.74) is -0.613. The van der Waals surface area contributed by atoms with Crippen molar-refractivity contribution in [2.45, 2.75) is 57.5 Å². The summed E-state index contributed by atoms with van der Waals surface area (Å²) in [5, 5.41) is 12.2. The monoisotopic (exact) mass is 237 g/mol. The van der Waals surface area contributed by atoms with Crippen molar-refractivity contribution in [1.82, 2.24) is 10.2 Å². The Balaban J connectivity index is 2.62. The predicted octanol–water partition coefficient (Wildman–Crippen LogP) is 1.67. The van der Waals surface area contributed by atoms with E-state index in [9.17, 15) is 10.1 Å². The number of rotatable bonds is 4. The van der Waals surface area contributed by atoms with Crippen molar-refractivity contribution in [2.75, 3.05) is 13.6 Å². The molecule has 1 N–H and O–H groups in total. The molecule has 0 aliphatic heterocycles. The maximum atomic E-state index is 12.1. The number of likely N-dealkylation sites (N-methyl/N-ethyl adjacent to an activating group) is 1. The first kappa shape index (κ1) is 14.0. The van der Waals surface area contributed by atoms with Crippen LogP contribution in [0, 0.1) is 11.3 Å². The molecule has 0 aromatic carbocycles. The van der Waals surface area contributed by atoms with Crippen LogP contribution >= 0.6 is 0 Å². The number of hydrogen-bond donors (Lipinski definition) is 1. The minimum atomic E-state index is -0.613. The Morgan fingerprint density at radius 2 is 2.06 bits per heavy atom. The van der Waals surface area contributed by atoms with Crippen LogP contribution in [-0.2, 0) is 4.79 Å². The third-order valence-electron chi connectivity index (χ3n) is 3.82. The summed E-state index contributed by atoms with van der Waals surface area (Å²) in [6, 6.07) is 2.14. The van der Waals surface area contributed by atoms with Crippen LogP contribution in [0.3, 0.4) is 0 Å². The molecule has 0 heterocycles. The summed E-state index contributed by atoms with van der Waals surface area (Å²) in [7, 11) is 1.92. The smallest absolute Gasteiger partial charge is 0.238 e. The zero-order valence-electron chi connectivity index (χ0n) is 11.1. The van der Waals surface area contributed by atoms with Gasteiger partial charge in [-0.15, -0.1) is 0 Å². The summed E-state index contributed by atoms with van der Waals surface area (Å²) >= 11 is 0. The maximum absolute atomic E-state index is 12.1. The molecule has 17 heavy (non-hydrogen) atoms. The zero-order chi connectivity index (χ0) is 12.9. The second kappa shape index (κ2) is 6.02. The Hall–Kier alpha value is -1.08. The molecule has 1 unspecified atom stereocenters. The van der Waals surface area contributed by atoms with Crippen molar-refractivity contribution >= 4 is 5.91 Å². The van der Waals surface area contributed by atoms with Gasteiger partial charge in [0.25, 0.3) is 0 Å². The molecule has 1 aliphatic rings. The number of amides is 1. The van der Waals surface area contributed by atoms with E-state index in [1.807, 2.05) is 25.8 Å². The fourth-order valence-electron chi connectivity index (χ4n) is 2.23. The molecule has 4 nitrogen and oxygen atoms in total. The van der Waals surface area contributed by atoms with E-state index in [1.165, 1.54) is 6.42 Å². The molecule has 1 atom stereocenters. The molecule has 1 rings (SSSR count). The topological polar surface area (TPSA) is 56.1 Å². The quantitative estimate of drug-likeness (QED) is 0.809. The van der Waals surface area contributed by atoms with Gasteiger partial charge < -0.3 is 5.32 Å². The highest BCUT2D eigenvalue weighted by molar-refractivity contribution is 5.82. The van der Waals surface area contributed by atoms with E-state index in [2.05, 4.69) is 11.4 Å². The molecule has 0 saturated heterocycles. The second-order valence-electron chi connectivity index (χ2n) is 4.99. The molecule has 0 aromatic heterocycles. The fraction of sp³-hybridized carbons (Fsp3) is 0.846. The van der Waals surface area contributed by atoms with Gasteiger partial charge in [-0.3, -0.25) is 9.69 Å². The van der Waals surface area contributed by atoms with Crippen LogP contribution in [0.2, 0.25) is 0 Å². The summed E-state index contributed by atoms with van der Waals surface area (Å²) in [5.74, 6) is -0.0298. The third-order valence-corrected chi connectivity index (χ3v) is 3.82. The first-order chi connectivity index (χ1) is 8.04. The largest absolute Gasteiger partial charge is 0.336 e. The van der Waals surface area contributed by atoms with Gasteiger partial charge in [-0.1, -0.05) is 26.2 Å². The lowest BCUT2D eigenvalue weighted by atomic mass is 9.82. The van der Waals surface area contributed by atoms with Gasteiger partial charge in [-0.05, 0) is 33.4 Å². The molecular weight excluding hydrogens is 214 g/mol. The molecule has 1 aliphatic carbocycles. The number of carbonyl (C=O) groups is 1. The van der Waals surface area contributed by atoms with Gasteiger partial charge >= 0.3 is 0 Å². The number of nitriles is 1. The van der Waals surface area contributed by atoms with Crippen molar-refractivity contribution < 1.29 is 4.79 Å². The fourth-order valence-corrected chi connectivity index (χ4v) is 2.23. The van der Waals surface area contributed by atoms with Crippen LogP contribution in [0.1, 0.15) is 46.0 Å². The van der Waals surface area contributed by atoms with Gasteiger partial charge in [0.2, 0.25) is 5.91 Å². The molecular formula is C13H23N3O. The van der Waals surface area contributed by atoms with Crippen molar-refractivity contribution in [2.24, 2.45) is 0 Å². The van der Waals surface area contributed by atoms with E-state index >= 15 is 0 Å². The van der Waals surface area contributed by atoms with E-state index < -0.39 is 5.54 Å². The lowest BCUT2D eigenvalue weighted by Gasteiger charge is -2.33. The lowest BCUT2D eigenvalue weighted by Crippen LogP contribution is -2.54. The Morgan fingerprint density at radius 3 is 2.53 bits per heavy atom. The van der Waals surface area contributed by atoms with E-state index in [-0.39, 0.29) is 11.9 Å². The first-order valence-corrected chi connectivity index (χ1v) is 6.48. The summed E-state index contributed by atoms with van der Waals surface area (Å²) in [4.78, 5) is 14.0. The molecule has 1 fully saturated rings. The summed E-state index contributed by atoms with van der Waals surface area (Å²) < 4.78 is 0. The van der Waals surface area contributed by atoms with E-state index in [4.69, 9.17) is 0 Å². The predicted molar refractivity (Wildman–Crippen MR) is 67.3 cm³/mol. The molecule has 4 heteroatoms. The highest BCUT2D eigenvalue weighted by atomic mass is 16.2. The zero-order valence-corrected chi connectivity index (χ0v) is 11.1. The van der Waals surface area contributed by atoms with E-state index in [1.54, 1.807) is 0 Å². The number of hydrogen-bond acceptors (Lipinski definition) is 3. The molecule has 0 radical (unpaired) electrons. The summed E-state index contributed by atoms with van der Waals surface area (Å²) in [6.07, 6.45) is 4.82. The number of nitrogens with one attached hydrogen (secondary N) is 1. The number of carbonyl (C=O) groups excluding carboxylic acids is 1. The van der Waals surface area contributed by atoms with Crippen LogP contribution in [0.5, 0.6) is 0 Å². The molecule has 0 bridgehead atoms. The van der Waals surface area contributed by atoms with Gasteiger partial charge in [-0.25, -0.2) is 0 Å². The van der Waals surface area contributed by atoms with Gasteiger partial charge in [0.05, 0.1) is 12.1 Å². The van der Waals surface area contributed by atoms with Crippen LogP contribution < -0.4 is 5.32 Å². The average molecular weight is 237 g/mol. The molecule has 1 amide bonds. The first-order valence-electron chi connectivity index (χ1n) is 6.48.